The minimum absolute atomic E-state index is 0.0121. The molecule has 0 atom stereocenters. The quantitative estimate of drug-likeness (QED) is 0.608. The van der Waals surface area contributed by atoms with Gasteiger partial charge < -0.3 is 4.74 Å². The topological polar surface area (TPSA) is 52.4 Å². The Morgan fingerprint density at radius 2 is 1.76 bits per heavy atom. The van der Waals surface area contributed by atoms with Gasteiger partial charge in [-0.05, 0) is 37.3 Å². The first kappa shape index (κ1) is 14.8. The maximum atomic E-state index is 12.6. The van der Waals surface area contributed by atoms with Crippen LogP contribution in [-0.2, 0) is 6.18 Å². The SMILES string of the molecule is Cc1cc(Oc2cccc(C(F)(F)F)c2)ccc1[N+](=O)[O-]. The highest BCUT2D eigenvalue weighted by Crippen LogP contribution is 2.33. The third-order valence-corrected chi connectivity index (χ3v) is 2.76. The van der Waals surface area contributed by atoms with E-state index < -0.39 is 16.7 Å². The first-order chi connectivity index (χ1) is 9.77. The number of rotatable bonds is 3. The Balaban J connectivity index is 2.27. The minimum atomic E-state index is -4.45. The van der Waals surface area contributed by atoms with Gasteiger partial charge in [-0.25, -0.2) is 0 Å². The van der Waals surface area contributed by atoms with E-state index in [1.165, 1.54) is 37.3 Å². The molecule has 0 radical (unpaired) electrons. The molecule has 21 heavy (non-hydrogen) atoms. The van der Waals surface area contributed by atoms with Gasteiger partial charge in [-0.3, -0.25) is 10.1 Å². The standard InChI is InChI=1S/C14H10F3NO3/c1-9-7-12(5-6-13(9)18(19)20)21-11-4-2-3-10(8-11)14(15,16)17/h2-8H,1H3. The van der Waals surface area contributed by atoms with Crippen LogP contribution >= 0.6 is 0 Å². The molecule has 0 aliphatic carbocycles. The molecule has 7 heteroatoms. The normalized spacial score (nSPS) is 11.2. The highest BCUT2D eigenvalue weighted by molar-refractivity contribution is 5.45. The van der Waals surface area contributed by atoms with Gasteiger partial charge in [0.15, 0.2) is 0 Å². The van der Waals surface area contributed by atoms with Crippen LogP contribution in [0.15, 0.2) is 42.5 Å². The monoisotopic (exact) mass is 297 g/mol. The largest absolute Gasteiger partial charge is 0.457 e. The summed E-state index contributed by atoms with van der Waals surface area (Å²) in [5, 5.41) is 10.7. The fourth-order valence-electron chi connectivity index (χ4n) is 1.77. The van der Waals surface area contributed by atoms with Crippen LogP contribution in [0.2, 0.25) is 0 Å². The van der Waals surface area contributed by atoms with Crippen LogP contribution in [0.5, 0.6) is 11.5 Å². The van der Waals surface area contributed by atoms with Gasteiger partial charge in [0.05, 0.1) is 10.5 Å². The lowest BCUT2D eigenvalue weighted by Crippen LogP contribution is -2.04. The Morgan fingerprint density at radius 1 is 1.10 bits per heavy atom. The highest BCUT2D eigenvalue weighted by Gasteiger charge is 2.30. The second-order valence-corrected chi connectivity index (χ2v) is 4.33. The van der Waals surface area contributed by atoms with Crippen molar-refractivity contribution < 1.29 is 22.8 Å². The number of ether oxygens (including phenoxy) is 1. The van der Waals surface area contributed by atoms with Crippen molar-refractivity contribution in [2.45, 2.75) is 13.1 Å². The molecule has 0 unspecified atom stereocenters. The second-order valence-electron chi connectivity index (χ2n) is 4.33. The van der Waals surface area contributed by atoms with Crippen LogP contribution in [0.25, 0.3) is 0 Å². The van der Waals surface area contributed by atoms with Crippen molar-refractivity contribution in [1.82, 2.24) is 0 Å². The zero-order chi connectivity index (χ0) is 15.6. The molecular weight excluding hydrogens is 287 g/mol. The second kappa shape index (κ2) is 5.43. The van der Waals surface area contributed by atoms with Crippen molar-refractivity contribution in [3.8, 4) is 11.5 Å². The summed E-state index contributed by atoms with van der Waals surface area (Å²) in [5.41, 5.74) is -0.533. The summed E-state index contributed by atoms with van der Waals surface area (Å²) < 4.78 is 43.1. The van der Waals surface area contributed by atoms with E-state index in [-0.39, 0.29) is 17.2 Å². The van der Waals surface area contributed by atoms with E-state index in [2.05, 4.69) is 0 Å². The van der Waals surface area contributed by atoms with Crippen molar-refractivity contribution in [2.75, 3.05) is 0 Å². The number of nitro groups is 1. The van der Waals surface area contributed by atoms with Gasteiger partial charge in [0.25, 0.3) is 5.69 Å². The molecule has 0 saturated carbocycles. The predicted molar refractivity (Wildman–Crippen MR) is 69.4 cm³/mol. The van der Waals surface area contributed by atoms with Crippen LogP contribution < -0.4 is 4.74 Å². The molecule has 2 aromatic rings. The van der Waals surface area contributed by atoms with Crippen LogP contribution in [0.1, 0.15) is 11.1 Å². The zero-order valence-corrected chi connectivity index (χ0v) is 10.8. The van der Waals surface area contributed by atoms with E-state index in [0.29, 0.717) is 5.56 Å². The van der Waals surface area contributed by atoms with Gasteiger partial charge >= 0.3 is 6.18 Å². The molecule has 0 aliphatic rings. The first-order valence-corrected chi connectivity index (χ1v) is 5.87. The maximum Gasteiger partial charge on any atom is 0.416 e. The molecule has 0 saturated heterocycles. The molecule has 110 valence electrons. The van der Waals surface area contributed by atoms with Crippen LogP contribution in [-0.4, -0.2) is 4.92 Å². The third-order valence-electron chi connectivity index (χ3n) is 2.76. The number of hydrogen-bond donors (Lipinski definition) is 0. The predicted octanol–water partition coefficient (Wildman–Crippen LogP) is 4.71. The van der Waals surface area contributed by atoms with E-state index in [1.54, 1.807) is 0 Å². The summed E-state index contributed by atoms with van der Waals surface area (Å²) in [6.07, 6.45) is -4.45. The number of nitro benzene ring substituents is 1. The molecule has 2 rings (SSSR count). The lowest BCUT2D eigenvalue weighted by Gasteiger charge is -2.10. The third kappa shape index (κ3) is 3.50. The average molecular weight is 297 g/mol. The summed E-state index contributed by atoms with van der Waals surface area (Å²) in [5.74, 6) is 0.246. The van der Waals surface area contributed by atoms with Gasteiger partial charge in [-0.1, -0.05) is 6.07 Å². The Bertz CT molecular complexity index is 683. The number of nitrogens with zero attached hydrogens (tertiary/aromatic N) is 1. The number of halogens is 3. The maximum absolute atomic E-state index is 12.6. The molecule has 4 nitrogen and oxygen atoms in total. The van der Waals surface area contributed by atoms with Crippen LogP contribution in [0.3, 0.4) is 0 Å². The van der Waals surface area contributed by atoms with E-state index >= 15 is 0 Å². The molecule has 2 aromatic carbocycles. The fourth-order valence-corrected chi connectivity index (χ4v) is 1.77. The Kier molecular flexibility index (Phi) is 3.84. The Labute approximate surface area is 117 Å². The van der Waals surface area contributed by atoms with Gasteiger partial charge in [0.1, 0.15) is 11.5 Å². The molecule has 0 spiro atoms. The Hall–Kier alpha value is -2.57. The zero-order valence-electron chi connectivity index (χ0n) is 10.8. The van der Waals surface area contributed by atoms with E-state index in [1.807, 2.05) is 0 Å². The summed E-state index contributed by atoms with van der Waals surface area (Å²) >= 11 is 0. The number of benzene rings is 2. The molecule has 0 aliphatic heterocycles. The molecule has 0 N–H and O–H groups in total. The van der Waals surface area contributed by atoms with Gasteiger partial charge in [0, 0.05) is 11.6 Å². The van der Waals surface area contributed by atoms with Crippen molar-refractivity contribution in [2.24, 2.45) is 0 Å². The van der Waals surface area contributed by atoms with Crippen molar-refractivity contribution >= 4 is 5.69 Å². The van der Waals surface area contributed by atoms with Gasteiger partial charge in [-0.15, -0.1) is 0 Å². The lowest BCUT2D eigenvalue weighted by atomic mass is 10.2. The van der Waals surface area contributed by atoms with Crippen molar-refractivity contribution in [3.05, 3.63) is 63.7 Å². The highest BCUT2D eigenvalue weighted by atomic mass is 19.4. The van der Waals surface area contributed by atoms with Crippen molar-refractivity contribution in [1.29, 1.82) is 0 Å². The summed E-state index contributed by atoms with van der Waals surface area (Å²) in [6.45, 7) is 1.52. The minimum Gasteiger partial charge on any atom is -0.457 e. The fraction of sp³-hybridized carbons (Fsp3) is 0.143. The molecule has 0 amide bonds. The van der Waals surface area contributed by atoms with E-state index in [9.17, 15) is 23.3 Å². The van der Waals surface area contributed by atoms with Gasteiger partial charge in [-0.2, -0.15) is 13.2 Å². The molecule has 0 fully saturated rings. The summed E-state index contributed by atoms with van der Waals surface area (Å²) in [4.78, 5) is 10.1. The van der Waals surface area contributed by atoms with E-state index in [0.717, 1.165) is 12.1 Å². The molecule has 0 heterocycles. The smallest absolute Gasteiger partial charge is 0.416 e. The summed E-state index contributed by atoms with van der Waals surface area (Å²) in [7, 11) is 0. The number of hydrogen-bond acceptors (Lipinski definition) is 3. The lowest BCUT2D eigenvalue weighted by molar-refractivity contribution is -0.385. The van der Waals surface area contributed by atoms with Crippen LogP contribution in [0.4, 0.5) is 18.9 Å². The summed E-state index contributed by atoms with van der Waals surface area (Å²) in [6, 6.07) is 8.41. The molecule has 0 aromatic heterocycles. The van der Waals surface area contributed by atoms with E-state index in [4.69, 9.17) is 4.74 Å². The number of aryl methyl sites for hydroxylation is 1. The molecular formula is C14H10F3NO3. The number of alkyl halides is 3. The first-order valence-electron chi connectivity index (χ1n) is 5.87. The average Bonchev–Trinajstić information content (AvgIpc) is 2.37. The van der Waals surface area contributed by atoms with Crippen molar-refractivity contribution in [3.63, 3.8) is 0 Å². The molecule has 0 bridgehead atoms. The Morgan fingerprint density at radius 3 is 2.33 bits per heavy atom. The van der Waals surface area contributed by atoms with Crippen LogP contribution in [0, 0.1) is 17.0 Å². The van der Waals surface area contributed by atoms with Gasteiger partial charge in [0.2, 0.25) is 0 Å².